The molecule has 11 heteroatoms. The molecule has 1 fully saturated rings. The first kappa shape index (κ1) is 28.8. The zero-order valence-corrected chi connectivity index (χ0v) is 24.1. The molecule has 0 radical (unpaired) electrons. The van der Waals surface area contributed by atoms with Gasteiger partial charge in [-0.1, -0.05) is 61.2 Å². The van der Waals surface area contributed by atoms with E-state index in [0.29, 0.717) is 32.2 Å². The second-order valence-corrected chi connectivity index (χ2v) is 12.5. The van der Waals surface area contributed by atoms with Gasteiger partial charge in [0.25, 0.3) is 0 Å². The van der Waals surface area contributed by atoms with E-state index in [1.807, 2.05) is 6.92 Å². The van der Waals surface area contributed by atoms with E-state index >= 15 is 0 Å². The SMILES string of the molecule is CCC(C(=O)NC1CCCC1)N(Cc1ccc(Cl)cc1Cl)C(=O)CN(c1ccccc1Br)S(C)(=O)=O. The Morgan fingerprint density at radius 2 is 1.81 bits per heavy atom. The Balaban J connectivity index is 1.96. The summed E-state index contributed by atoms with van der Waals surface area (Å²) in [7, 11) is -3.82. The second-order valence-electron chi connectivity index (χ2n) is 8.89. The second kappa shape index (κ2) is 12.6. The van der Waals surface area contributed by atoms with Gasteiger partial charge < -0.3 is 10.2 Å². The van der Waals surface area contributed by atoms with Crippen molar-refractivity contribution in [2.75, 3.05) is 17.1 Å². The number of benzene rings is 2. The Labute approximate surface area is 231 Å². The van der Waals surface area contributed by atoms with Crippen LogP contribution in [0.2, 0.25) is 10.0 Å². The van der Waals surface area contributed by atoms with Crippen LogP contribution in [0.1, 0.15) is 44.6 Å². The van der Waals surface area contributed by atoms with Crippen LogP contribution in [0, 0.1) is 0 Å². The monoisotopic (exact) mass is 617 g/mol. The number of rotatable bonds is 10. The molecule has 0 saturated heterocycles. The van der Waals surface area contributed by atoms with Crippen molar-refractivity contribution < 1.29 is 18.0 Å². The number of sulfonamides is 1. The third-order valence-electron chi connectivity index (χ3n) is 6.24. The molecule has 1 aliphatic rings. The lowest BCUT2D eigenvalue weighted by molar-refractivity contribution is -0.140. The van der Waals surface area contributed by atoms with Crippen LogP contribution in [-0.2, 0) is 26.2 Å². The molecule has 1 aliphatic carbocycles. The van der Waals surface area contributed by atoms with Gasteiger partial charge in [0.05, 0.1) is 11.9 Å². The van der Waals surface area contributed by atoms with Crippen molar-refractivity contribution in [2.24, 2.45) is 0 Å². The van der Waals surface area contributed by atoms with Crippen LogP contribution in [0.15, 0.2) is 46.9 Å². The van der Waals surface area contributed by atoms with E-state index in [0.717, 1.165) is 36.2 Å². The van der Waals surface area contributed by atoms with Crippen molar-refractivity contribution in [3.63, 3.8) is 0 Å². The van der Waals surface area contributed by atoms with Crippen LogP contribution in [0.4, 0.5) is 5.69 Å². The van der Waals surface area contributed by atoms with Gasteiger partial charge in [-0.25, -0.2) is 8.42 Å². The van der Waals surface area contributed by atoms with E-state index in [1.165, 1.54) is 4.90 Å². The first-order valence-electron chi connectivity index (χ1n) is 11.8. The van der Waals surface area contributed by atoms with E-state index in [-0.39, 0.29) is 18.5 Å². The van der Waals surface area contributed by atoms with Gasteiger partial charge >= 0.3 is 0 Å². The minimum absolute atomic E-state index is 0.0268. The number of para-hydroxylation sites is 1. The fourth-order valence-electron chi connectivity index (χ4n) is 4.37. The molecule has 0 heterocycles. The molecule has 0 spiro atoms. The molecule has 3 rings (SSSR count). The molecule has 2 aromatic carbocycles. The summed E-state index contributed by atoms with van der Waals surface area (Å²) in [6.45, 7) is 1.38. The van der Waals surface area contributed by atoms with Crippen molar-refractivity contribution in [2.45, 2.75) is 57.7 Å². The van der Waals surface area contributed by atoms with E-state index in [1.54, 1.807) is 42.5 Å². The lowest BCUT2D eigenvalue weighted by Gasteiger charge is -2.33. The highest BCUT2D eigenvalue weighted by atomic mass is 79.9. The highest BCUT2D eigenvalue weighted by Crippen LogP contribution is 2.29. The number of anilines is 1. The fourth-order valence-corrected chi connectivity index (χ4v) is 6.32. The van der Waals surface area contributed by atoms with Gasteiger partial charge in [0.15, 0.2) is 0 Å². The lowest BCUT2D eigenvalue weighted by Crippen LogP contribution is -2.53. The maximum atomic E-state index is 13.8. The molecule has 1 atom stereocenters. The third kappa shape index (κ3) is 7.37. The predicted molar refractivity (Wildman–Crippen MR) is 148 cm³/mol. The van der Waals surface area contributed by atoms with E-state index < -0.39 is 28.5 Å². The number of nitrogens with one attached hydrogen (secondary N) is 1. The Morgan fingerprint density at radius 3 is 2.39 bits per heavy atom. The molecular weight excluding hydrogens is 589 g/mol. The van der Waals surface area contributed by atoms with Gasteiger partial charge in [-0.3, -0.25) is 13.9 Å². The van der Waals surface area contributed by atoms with E-state index in [9.17, 15) is 18.0 Å². The molecule has 0 aliphatic heterocycles. The largest absolute Gasteiger partial charge is 0.352 e. The van der Waals surface area contributed by atoms with Crippen molar-refractivity contribution in [1.29, 1.82) is 0 Å². The van der Waals surface area contributed by atoms with Gasteiger partial charge in [-0.15, -0.1) is 0 Å². The van der Waals surface area contributed by atoms with Crippen LogP contribution in [0.3, 0.4) is 0 Å². The quantitative estimate of drug-likeness (QED) is 0.387. The van der Waals surface area contributed by atoms with E-state index in [2.05, 4.69) is 21.2 Å². The molecule has 0 bridgehead atoms. The number of carbonyl (C=O) groups is 2. The molecule has 196 valence electrons. The van der Waals surface area contributed by atoms with Gasteiger partial charge in [0.1, 0.15) is 12.6 Å². The molecule has 36 heavy (non-hydrogen) atoms. The molecule has 7 nitrogen and oxygen atoms in total. The maximum absolute atomic E-state index is 13.8. The van der Waals surface area contributed by atoms with Crippen molar-refractivity contribution in [1.82, 2.24) is 10.2 Å². The molecule has 2 amide bonds. The fraction of sp³-hybridized carbons (Fsp3) is 0.440. The van der Waals surface area contributed by atoms with Crippen LogP contribution >= 0.6 is 39.1 Å². The predicted octanol–water partition coefficient (Wildman–Crippen LogP) is 5.39. The highest BCUT2D eigenvalue weighted by Gasteiger charge is 2.33. The van der Waals surface area contributed by atoms with Crippen LogP contribution in [-0.4, -0.2) is 50.0 Å². The molecule has 0 aromatic heterocycles. The van der Waals surface area contributed by atoms with Gasteiger partial charge in [0.2, 0.25) is 21.8 Å². The summed E-state index contributed by atoms with van der Waals surface area (Å²) in [5.41, 5.74) is 0.939. The number of amides is 2. The Bertz CT molecular complexity index is 1210. The van der Waals surface area contributed by atoms with Gasteiger partial charge in [-0.2, -0.15) is 0 Å². The topological polar surface area (TPSA) is 86.8 Å². The van der Waals surface area contributed by atoms with Crippen molar-refractivity contribution in [3.8, 4) is 0 Å². The number of hydrogen-bond acceptors (Lipinski definition) is 4. The summed E-state index contributed by atoms with van der Waals surface area (Å²) in [5.74, 6) is -0.773. The summed E-state index contributed by atoms with van der Waals surface area (Å²) in [6, 6.07) is 11.0. The Hall–Kier alpha value is -1.81. The summed E-state index contributed by atoms with van der Waals surface area (Å²) >= 11 is 15.8. The number of halogens is 3. The Kier molecular flexibility index (Phi) is 10.1. The lowest BCUT2D eigenvalue weighted by atomic mass is 10.1. The van der Waals surface area contributed by atoms with Crippen LogP contribution in [0.5, 0.6) is 0 Å². The first-order valence-corrected chi connectivity index (χ1v) is 15.2. The third-order valence-corrected chi connectivity index (χ3v) is 8.63. The summed E-state index contributed by atoms with van der Waals surface area (Å²) in [6.07, 6.45) is 5.32. The maximum Gasteiger partial charge on any atom is 0.244 e. The number of carbonyl (C=O) groups excluding carboxylic acids is 2. The molecular formula is C25H30BrCl2N3O4S. The van der Waals surface area contributed by atoms with Crippen molar-refractivity contribution >= 4 is 66.7 Å². The number of nitrogens with zero attached hydrogens (tertiary/aromatic N) is 2. The minimum Gasteiger partial charge on any atom is -0.352 e. The van der Waals surface area contributed by atoms with Crippen LogP contribution < -0.4 is 9.62 Å². The van der Waals surface area contributed by atoms with Gasteiger partial charge in [-0.05, 0) is 65.0 Å². The minimum atomic E-state index is -3.82. The average molecular weight is 619 g/mol. The Morgan fingerprint density at radius 1 is 1.14 bits per heavy atom. The molecule has 1 N–H and O–H groups in total. The number of hydrogen-bond donors (Lipinski definition) is 1. The van der Waals surface area contributed by atoms with E-state index in [4.69, 9.17) is 23.2 Å². The zero-order valence-electron chi connectivity index (χ0n) is 20.2. The average Bonchev–Trinajstić information content (AvgIpc) is 3.31. The first-order chi connectivity index (χ1) is 17.0. The highest BCUT2D eigenvalue weighted by molar-refractivity contribution is 9.10. The molecule has 1 unspecified atom stereocenters. The molecule has 2 aromatic rings. The summed E-state index contributed by atoms with van der Waals surface area (Å²) < 4.78 is 27.0. The smallest absolute Gasteiger partial charge is 0.244 e. The summed E-state index contributed by atoms with van der Waals surface area (Å²) in [5, 5.41) is 3.88. The standard InChI is InChI=1S/C25H30BrCl2N3O4S/c1-3-22(25(33)29-19-8-4-5-9-19)30(15-17-12-13-18(27)14-21(17)28)24(32)16-31(36(2,34)35)23-11-7-6-10-20(23)26/h6-7,10-14,19,22H,3-5,8-9,15-16H2,1-2H3,(H,29,33). The van der Waals surface area contributed by atoms with Gasteiger partial charge in [0, 0.05) is 27.1 Å². The van der Waals surface area contributed by atoms with Crippen LogP contribution in [0.25, 0.3) is 0 Å². The molecule has 1 saturated carbocycles. The normalized spacial score (nSPS) is 14.9. The summed E-state index contributed by atoms with van der Waals surface area (Å²) in [4.78, 5) is 28.5. The zero-order chi connectivity index (χ0) is 26.5. The van der Waals surface area contributed by atoms with Crippen molar-refractivity contribution in [3.05, 3.63) is 62.5 Å².